The molecular weight excluding hydrogens is 318 g/mol. The third-order valence-electron chi connectivity index (χ3n) is 5.20. The maximum absolute atomic E-state index is 13.1. The monoisotopic (exact) mass is 341 g/mol. The summed E-state index contributed by atoms with van der Waals surface area (Å²) in [6.45, 7) is 2.46. The van der Waals surface area contributed by atoms with E-state index in [1.54, 1.807) is 12.5 Å². The first-order valence-electron chi connectivity index (χ1n) is 8.92. The van der Waals surface area contributed by atoms with Gasteiger partial charge in [-0.25, -0.2) is 4.98 Å². The summed E-state index contributed by atoms with van der Waals surface area (Å²) in [5, 5.41) is 3.12. The molecule has 1 amide bonds. The van der Waals surface area contributed by atoms with Gasteiger partial charge < -0.3 is 19.4 Å². The molecule has 1 aliphatic heterocycles. The van der Waals surface area contributed by atoms with Gasteiger partial charge in [-0.2, -0.15) is 0 Å². The highest BCUT2D eigenvalue weighted by Gasteiger charge is 2.43. The molecule has 0 spiro atoms. The van der Waals surface area contributed by atoms with E-state index in [-0.39, 0.29) is 5.91 Å². The summed E-state index contributed by atoms with van der Waals surface area (Å²) in [5.74, 6) is 1.63. The molecule has 6 heteroatoms. The minimum Gasteiger partial charge on any atom is -0.486 e. The van der Waals surface area contributed by atoms with Crippen LogP contribution in [0.5, 0.6) is 11.5 Å². The van der Waals surface area contributed by atoms with Crippen LogP contribution in [0.2, 0.25) is 0 Å². The van der Waals surface area contributed by atoms with Gasteiger partial charge in [-0.05, 0) is 30.5 Å². The van der Waals surface area contributed by atoms with Crippen molar-refractivity contribution in [1.29, 1.82) is 0 Å². The summed E-state index contributed by atoms with van der Waals surface area (Å²) in [6.07, 6.45) is 9.31. The SMILES string of the molecule is O=C(NCCn1ccnc1)C1(c2ccc3c(c2)OCCO3)CCCC1. The number of rotatable bonds is 5. The maximum atomic E-state index is 13.1. The van der Waals surface area contributed by atoms with Gasteiger partial charge in [0.2, 0.25) is 5.91 Å². The van der Waals surface area contributed by atoms with Gasteiger partial charge in [-0.1, -0.05) is 18.9 Å². The Kier molecular flexibility index (Phi) is 4.34. The molecule has 1 N–H and O–H groups in total. The fraction of sp³-hybridized carbons (Fsp3) is 0.474. The molecule has 4 rings (SSSR count). The Morgan fingerprint density at radius 1 is 1.20 bits per heavy atom. The van der Waals surface area contributed by atoms with E-state index >= 15 is 0 Å². The minimum absolute atomic E-state index is 0.113. The van der Waals surface area contributed by atoms with E-state index in [1.165, 1.54) is 0 Å². The topological polar surface area (TPSA) is 65.4 Å². The molecule has 1 fully saturated rings. The minimum atomic E-state index is -0.454. The smallest absolute Gasteiger partial charge is 0.230 e. The fourth-order valence-corrected chi connectivity index (χ4v) is 3.85. The predicted octanol–water partition coefficient (Wildman–Crippen LogP) is 2.28. The van der Waals surface area contributed by atoms with E-state index in [0.29, 0.717) is 19.8 Å². The lowest BCUT2D eigenvalue weighted by Gasteiger charge is -2.30. The van der Waals surface area contributed by atoms with Crippen molar-refractivity contribution in [3.63, 3.8) is 0 Å². The molecule has 132 valence electrons. The molecule has 0 unspecified atom stereocenters. The molecule has 0 bridgehead atoms. The van der Waals surface area contributed by atoms with Crippen molar-refractivity contribution in [2.75, 3.05) is 19.8 Å². The van der Waals surface area contributed by atoms with Gasteiger partial charge in [0.15, 0.2) is 11.5 Å². The molecule has 25 heavy (non-hydrogen) atoms. The number of benzene rings is 1. The van der Waals surface area contributed by atoms with Crippen molar-refractivity contribution < 1.29 is 14.3 Å². The number of aromatic nitrogens is 2. The summed E-state index contributed by atoms with van der Waals surface area (Å²) >= 11 is 0. The van der Waals surface area contributed by atoms with Gasteiger partial charge in [-0.15, -0.1) is 0 Å². The molecule has 1 aromatic heterocycles. The van der Waals surface area contributed by atoms with Crippen molar-refractivity contribution in [2.45, 2.75) is 37.6 Å². The first-order chi connectivity index (χ1) is 12.3. The Balaban J connectivity index is 1.51. The summed E-state index contributed by atoms with van der Waals surface area (Å²) < 4.78 is 13.3. The molecule has 0 saturated heterocycles. The zero-order valence-corrected chi connectivity index (χ0v) is 14.2. The van der Waals surface area contributed by atoms with Crippen molar-refractivity contribution in [3.05, 3.63) is 42.5 Å². The molecule has 0 radical (unpaired) electrons. The largest absolute Gasteiger partial charge is 0.486 e. The van der Waals surface area contributed by atoms with Crippen molar-refractivity contribution in [2.24, 2.45) is 0 Å². The second kappa shape index (κ2) is 6.78. The highest BCUT2D eigenvalue weighted by atomic mass is 16.6. The number of nitrogens with zero attached hydrogens (tertiary/aromatic N) is 2. The third-order valence-corrected chi connectivity index (χ3v) is 5.20. The maximum Gasteiger partial charge on any atom is 0.230 e. The quantitative estimate of drug-likeness (QED) is 0.906. The first kappa shape index (κ1) is 16.0. The zero-order chi connectivity index (χ0) is 17.1. The lowest BCUT2D eigenvalue weighted by Crippen LogP contribution is -2.43. The van der Waals surface area contributed by atoms with Crippen LogP contribution in [0, 0.1) is 0 Å². The highest BCUT2D eigenvalue weighted by molar-refractivity contribution is 5.88. The van der Waals surface area contributed by atoms with Crippen LogP contribution >= 0.6 is 0 Å². The molecule has 2 aromatic rings. The summed E-state index contributed by atoms with van der Waals surface area (Å²) in [6, 6.07) is 5.95. The van der Waals surface area contributed by atoms with Gasteiger partial charge in [0.1, 0.15) is 13.2 Å². The Hall–Kier alpha value is -2.50. The number of hydrogen-bond acceptors (Lipinski definition) is 4. The number of imidazole rings is 1. The van der Waals surface area contributed by atoms with Crippen molar-refractivity contribution in [1.82, 2.24) is 14.9 Å². The van der Waals surface area contributed by atoms with E-state index in [9.17, 15) is 4.79 Å². The number of ether oxygens (including phenoxy) is 2. The van der Waals surface area contributed by atoms with Crippen LogP contribution in [-0.2, 0) is 16.8 Å². The van der Waals surface area contributed by atoms with Crippen LogP contribution in [0.15, 0.2) is 36.9 Å². The van der Waals surface area contributed by atoms with E-state index in [4.69, 9.17) is 9.47 Å². The molecule has 6 nitrogen and oxygen atoms in total. The number of amides is 1. The normalized spacial score (nSPS) is 18.1. The standard InChI is InChI=1S/C19H23N3O3/c23-18(21-8-10-22-9-7-20-14-22)19(5-1-2-6-19)15-3-4-16-17(13-15)25-12-11-24-16/h3-4,7,9,13-14H,1-2,5-6,8,10-12H2,(H,21,23). The number of carbonyl (C=O) groups excluding carboxylic acids is 1. The van der Waals surface area contributed by atoms with Crippen LogP contribution in [0.4, 0.5) is 0 Å². The Bertz CT molecular complexity index is 736. The number of fused-ring (bicyclic) bond motifs is 1. The second-order valence-electron chi connectivity index (χ2n) is 6.70. The molecule has 1 aromatic carbocycles. The average molecular weight is 341 g/mol. The molecule has 1 aliphatic carbocycles. The number of nitrogens with one attached hydrogen (secondary N) is 1. The van der Waals surface area contributed by atoms with E-state index in [0.717, 1.165) is 49.3 Å². The number of carbonyl (C=O) groups is 1. The van der Waals surface area contributed by atoms with Gasteiger partial charge in [-0.3, -0.25) is 4.79 Å². The molecule has 1 saturated carbocycles. The Morgan fingerprint density at radius 2 is 2.00 bits per heavy atom. The molecule has 0 atom stereocenters. The van der Waals surface area contributed by atoms with E-state index < -0.39 is 5.41 Å². The lowest BCUT2D eigenvalue weighted by atomic mass is 9.77. The van der Waals surface area contributed by atoms with E-state index in [1.807, 2.05) is 29.0 Å². The Morgan fingerprint density at radius 3 is 2.76 bits per heavy atom. The van der Waals surface area contributed by atoms with Gasteiger partial charge in [0.25, 0.3) is 0 Å². The van der Waals surface area contributed by atoms with Crippen LogP contribution in [-0.4, -0.2) is 35.2 Å². The van der Waals surface area contributed by atoms with Crippen LogP contribution in [0.1, 0.15) is 31.2 Å². The van der Waals surface area contributed by atoms with Gasteiger partial charge in [0.05, 0.1) is 11.7 Å². The van der Waals surface area contributed by atoms with Crippen molar-refractivity contribution >= 4 is 5.91 Å². The number of hydrogen-bond donors (Lipinski definition) is 1. The van der Waals surface area contributed by atoms with Gasteiger partial charge in [0, 0.05) is 25.5 Å². The second-order valence-corrected chi connectivity index (χ2v) is 6.70. The third kappa shape index (κ3) is 3.08. The molecule has 2 heterocycles. The molecular formula is C19H23N3O3. The average Bonchev–Trinajstić information content (AvgIpc) is 3.34. The first-order valence-corrected chi connectivity index (χ1v) is 8.92. The Labute approximate surface area is 147 Å². The fourth-order valence-electron chi connectivity index (χ4n) is 3.85. The van der Waals surface area contributed by atoms with Crippen LogP contribution in [0.3, 0.4) is 0 Å². The van der Waals surface area contributed by atoms with E-state index in [2.05, 4.69) is 10.3 Å². The predicted molar refractivity (Wildman–Crippen MR) is 92.8 cm³/mol. The summed E-state index contributed by atoms with van der Waals surface area (Å²) in [7, 11) is 0. The molecule has 2 aliphatic rings. The van der Waals surface area contributed by atoms with Crippen LogP contribution < -0.4 is 14.8 Å². The summed E-state index contributed by atoms with van der Waals surface area (Å²) in [5.41, 5.74) is 0.583. The van der Waals surface area contributed by atoms with Gasteiger partial charge >= 0.3 is 0 Å². The summed E-state index contributed by atoms with van der Waals surface area (Å²) in [4.78, 5) is 17.1. The van der Waals surface area contributed by atoms with Crippen LogP contribution in [0.25, 0.3) is 0 Å². The zero-order valence-electron chi connectivity index (χ0n) is 14.2. The highest BCUT2D eigenvalue weighted by Crippen LogP contribution is 2.44. The van der Waals surface area contributed by atoms with Crippen molar-refractivity contribution in [3.8, 4) is 11.5 Å². The lowest BCUT2D eigenvalue weighted by molar-refractivity contribution is -0.126.